The molecule has 0 radical (unpaired) electrons. The first-order chi connectivity index (χ1) is 15.3. The van der Waals surface area contributed by atoms with Gasteiger partial charge in [0.15, 0.2) is 17.2 Å². The van der Waals surface area contributed by atoms with E-state index in [4.69, 9.17) is 4.74 Å². The Morgan fingerprint density at radius 2 is 1.70 bits per heavy atom. The number of ketones is 2. The highest BCUT2D eigenvalue weighted by atomic mass is 16.6. The molecule has 0 unspecified atom stereocenters. The van der Waals surface area contributed by atoms with Crippen LogP contribution in [0.1, 0.15) is 73.1 Å². The summed E-state index contributed by atoms with van der Waals surface area (Å²) in [5.74, 6) is 1.03. The van der Waals surface area contributed by atoms with Gasteiger partial charge >= 0.3 is 5.97 Å². The van der Waals surface area contributed by atoms with E-state index in [1.807, 2.05) is 6.08 Å². The Morgan fingerprint density at radius 3 is 2.24 bits per heavy atom. The van der Waals surface area contributed by atoms with Crippen LogP contribution in [-0.4, -0.2) is 48.5 Å². The van der Waals surface area contributed by atoms with E-state index < -0.39 is 5.60 Å². The number of nitrogens with zero attached hydrogens (tertiary/aromatic N) is 1. The number of ether oxygens (including phenoxy) is 1. The molecule has 0 aromatic heterocycles. The van der Waals surface area contributed by atoms with Crippen molar-refractivity contribution in [2.24, 2.45) is 28.6 Å². The van der Waals surface area contributed by atoms with Crippen LogP contribution in [0.2, 0.25) is 0 Å². The predicted molar refractivity (Wildman–Crippen MR) is 126 cm³/mol. The Morgan fingerprint density at radius 1 is 1.09 bits per heavy atom. The van der Waals surface area contributed by atoms with Crippen molar-refractivity contribution >= 4 is 23.9 Å². The fourth-order valence-electron chi connectivity index (χ4n) is 7.48. The van der Waals surface area contributed by atoms with Crippen LogP contribution < -0.4 is 0 Å². The molecule has 0 bridgehead atoms. The Hall–Kier alpha value is -2.24. The van der Waals surface area contributed by atoms with Crippen LogP contribution in [0.4, 0.5) is 0 Å². The van der Waals surface area contributed by atoms with Crippen molar-refractivity contribution in [1.29, 1.82) is 0 Å². The zero-order valence-corrected chi connectivity index (χ0v) is 21.2. The number of esters is 1. The number of carbonyl (C=O) groups is 4. The van der Waals surface area contributed by atoms with Crippen LogP contribution >= 0.6 is 0 Å². The van der Waals surface area contributed by atoms with Crippen molar-refractivity contribution in [2.75, 3.05) is 14.1 Å². The lowest BCUT2D eigenvalue weighted by molar-refractivity contribution is -0.185. The number of fused-ring (bicyclic) bond motifs is 5. The second-order valence-corrected chi connectivity index (χ2v) is 11.1. The zero-order chi connectivity index (χ0) is 24.8. The van der Waals surface area contributed by atoms with Crippen molar-refractivity contribution in [3.63, 3.8) is 0 Å². The summed E-state index contributed by atoms with van der Waals surface area (Å²) in [6, 6.07) is 0. The van der Waals surface area contributed by atoms with E-state index in [1.165, 1.54) is 23.0 Å². The van der Waals surface area contributed by atoms with Gasteiger partial charge in [0.25, 0.3) is 0 Å². The van der Waals surface area contributed by atoms with Gasteiger partial charge in [0.1, 0.15) is 0 Å². The lowest BCUT2D eigenvalue weighted by Gasteiger charge is -2.58. The first kappa shape index (κ1) is 25.4. The maximum absolute atomic E-state index is 12.8. The quantitative estimate of drug-likeness (QED) is 0.467. The topological polar surface area (TPSA) is 80.8 Å². The summed E-state index contributed by atoms with van der Waals surface area (Å²) in [4.78, 5) is 47.6. The molecule has 0 N–H and O–H groups in total. The minimum atomic E-state index is -0.990. The molecule has 6 nitrogen and oxygen atoms in total. The molecule has 6 atom stereocenters. The van der Waals surface area contributed by atoms with Crippen LogP contribution in [0.5, 0.6) is 0 Å². The molecule has 0 spiro atoms. The summed E-state index contributed by atoms with van der Waals surface area (Å²) in [7, 11) is 3.38. The highest BCUT2D eigenvalue weighted by molar-refractivity contribution is 5.92. The number of carbonyl (C=O) groups excluding carboxylic acids is 4. The van der Waals surface area contributed by atoms with Gasteiger partial charge in [-0.3, -0.25) is 19.2 Å². The Bertz CT molecular complexity index is 917. The Balaban J connectivity index is 0.000000555. The molecule has 0 aromatic rings. The van der Waals surface area contributed by atoms with Gasteiger partial charge in [-0.2, -0.15) is 0 Å². The van der Waals surface area contributed by atoms with Gasteiger partial charge in [-0.15, -0.1) is 0 Å². The molecule has 0 aromatic carbocycles. The molecule has 33 heavy (non-hydrogen) atoms. The zero-order valence-electron chi connectivity index (χ0n) is 21.2. The van der Waals surface area contributed by atoms with E-state index in [9.17, 15) is 19.2 Å². The smallest absolute Gasteiger partial charge is 0.303 e. The second-order valence-electron chi connectivity index (χ2n) is 11.1. The molecule has 4 rings (SSSR count). The normalized spacial score (nSPS) is 38.9. The number of amides is 1. The maximum Gasteiger partial charge on any atom is 0.303 e. The van der Waals surface area contributed by atoms with Gasteiger partial charge in [0.2, 0.25) is 6.41 Å². The van der Waals surface area contributed by atoms with E-state index in [0.717, 1.165) is 32.1 Å². The van der Waals surface area contributed by atoms with Gasteiger partial charge in [0, 0.05) is 32.9 Å². The van der Waals surface area contributed by atoms with Crippen LogP contribution in [0, 0.1) is 28.6 Å². The fourth-order valence-corrected chi connectivity index (χ4v) is 7.48. The predicted octanol–water partition coefficient (Wildman–Crippen LogP) is 4.28. The third-order valence-corrected chi connectivity index (χ3v) is 9.05. The standard InChI is InChI=1S/C24H32O4.C3H7NO/c1-14-12-18-19(22(4)9-6-17(27)13-21(14)22)7-10-23(5)20(18)8-11-24(23,15(2)25)28-16(3)26;1-4(2)3-5/h12-13,18-20H,6-11H2,1-5H3;3H,1-2H3/t18-,19+,20+,22-,23+,24+;/m1./s1. The minimum absolute atomic E-state index is 0.0160. The molecule has 0 aliphatic heterocycles. The first-order valence-electron chi connectivity index (χ1n) is 12.1. The molecule has 1 amide bonds. The van der Waals surface area contributed by atoms with Gasteiger partial charge in [-0.05, 0) is 80.8 Å². The first-order valence-corrected chi connectivity index (χ1v) is 12.1. The Labute approximate surface area is 197 Å². The SMILES string of the molecule is CC(=O)O[C@]1(C(C)=O)CC[C@H]2[C@@H]3C=C(C)C4=CC(=O)CC[C@]4(C)[C@H]3CC[C@@]21C.CN(C)C=O. The van der Waals surface area contributed by atoms with Crippen molar-refractivity contribution in [1.82, 2.24) is 4.90 Å². The number of rotatable bonds is 3. The summed E-state index contributed by atoms with van der Waals surface area (Å²) in [6.07, 6.45) is 9.95. The molecule has 0 heterocycles. The van der Waals surface area contributed by atoms with Crippen LogP contribution in [0.3, 0.4) is 0 Å². The van der Waals surface area contributed by atoms with Crippen molar-refractivity contribution in [3.05, 3.63) is 23.3 Å². The summed E-state index contributed by atoms with van der Waals surface area (Å²) >= 11 is 0. The van der Waals surface area contributed by atoms with Crippen LogP contribution in [-0.2, 0) is 23.9 Å². The monoisotopic (exact) mass is 457 g/mol. The largest absolute Gasteiger partial charge is 0.451 e. The summed E-state index contributed by atoms with van der Waals surface area (Å²) < 4.78 is 5.82. The summed E-state index contributed by atoms with van der Waals surface area (Å²) in [5.41, 5.74) is 1.15. The Kier molecular flexibility index (Phi) is 6.80. The van der Waals surface area contributed by atoms with E-state index >= 15 is 0 Å². The molecule has 182 valence electrons. The molecular weight excluding hydrogens is 418 g/mol. The average molecular weight is 458 g/mol. The highest BCUT2D eigenvalue weighted by Gasteiger charge is 2.67. The van der Waals surface area contributed by atoms with Crippen molar-refractivity contribution in [3.8, 4) is 0 Å². The number of Topliss-reactive ketones (excluding diaryl/α,β-unsaturated/α-hetero) is 1. The number of allylic oxidation sites excluding steroid dienone is 4. The van der Waals surface area contributed by atoms with E-state index in [-0.39, 0.29) is 28.4 Å². The van der Waals surface area contributed by atoms with E-state index in [2.05, 4.69) is 26.8 Å². The molecule has 6 heteroatoms. The van der Waals surface area contributed by atoms with Crippen LogP contribution in [0.25, 0.3) is 0 Å². The second kappa shape index (κ2) is 8.84. The van der Waals surface area contributed by atoms with Crippen molar-refractivity contribution in [2.45, 2.75) is 78.7 Å². The van der Waals surface area contributed by atoms with Crippen molar-refractivity contribution < 1.29 is 23.9 Å². The van der Waals surface area contributed by atoms with Crippen LogP contribution in [0.15, 0.2) is 23.3 Å². The summed E-state index contributed by atoms with van der Waals surface area (Å²) in [5, 5.41) is 0. The maximum atomic E-state index is 12.8. The minimum Gasteiger partial charge on any atom is -0.451 e. The molecule has 4 aliphatic rings. The lowest BCUT2D eigenvalue weighted by Crippen LogP contribution is -2.58. The van der Waals surface area contributed by atoms with Gasteiger partial charge < -0.3 is 9.64 Å². The van der Waals surface area contributed by atoms with E-state index in [1.54, 1.807) is 21.0 Å². The van der Waals surface area contributed by atoms with Gasteiger partial charge in [-0.1, -0.05) is 25.5 Å². The molecular formula is C27H39NO5. The lowest BCUT2D eigenvalue weighted by atomic mass is 9.47. The highest BCUT2D eigenvalue weighted by Crippen LogP contribution is 2.67. The molecule has 2 fully saturated rings. The third-order valence-electron chi connectivity index (χ3n) is 9.05. The average Bonchev–Trinajstić information content (AvgIpc) is 3.03. The third kappa shape index (κ3) is 4.00. The summed E-state index contributed by atoms with van der Waals surface area (Å²) in [6.45, 7) is 9.63. The molecule has 0 saturated heterocycles. The molecule has 4 aliphatic carbocycles. The fraction of sp³-hybridized carbons (Fsp3) is 0.704. The van der Waals surface area contributed by atoms with E-state index in [0.29, 0.717) is 30.6 Å². The van der Waals surface area contributed by atoms with Gasteiger partial charge in [0.05, 0.1) is 0 Å². The number of hydrogen-bond acceptors (Lipinski definition) is 5. The molecule has 2 saturated carbocycles. The van der Waals surface area contributed by atoms with Gasteiger partial charge in [-0.25, -0.2) is 0 Å². The number of hydrogen-bond donors (Lipinski definition) is 0.